The van der Waals surface area contributed by atoms with Crippen LogP contribution in [0, 0.1) is 0 Å². The fourth-order valence-electron chi connectivity index (χ4n) is 3.71. The number of hydrogen-bond donors (Lipinski definition) is 3. The number of alkyl halides is 3. The highest BCUT2D eigenvalue weighted by Crippen LogP contribution is 2.36. The summed E-state index contributed by atoms with van der Waals surface area (Å²) in [6.07, 6.45) is 0.0774. The number of sulfone groups is 1. The molecule has 0 spiro atoms. The average molecular weight is 584 g/mol. The van der Waals surface area contributed by atoms with Crippen molar-refractivity contribution in [3.8, 4) is 0 Å². The van der Waals surface area contributed by atoms with Gasteiger partial charge in [0, 0.05) is 36.3 Å². The van der Waals surface area contributed by atoms with Gasteiger partial charge in [0.1, 0.15) is 4.90 Å². The number of benzene rings is 2. The Bertz CT molecular complexity index is 1260. The fraction of sp³-hybridized carbons (Fsp3) is 0.455. The number of rotatable bonds is 11. The molecule has 2 atom stereocenters. The minimum atomic E-state index is -5.89. The summed E-state index contributed by atoms with van der Waals surface area (Å²) in [5.74, 6) is 0.375. The topological polar surface area (TPSA) is 139 Å². The Balaban J connectivity index is 1.90. The predicted octanol–water partition coefficient (Wildman–Crippen LogP) is 2.28. The van der Waals surface area contributed by atoms with Crippen molar-refractivity contribution in [1.82, 2.24) is 4.90 Å². The van der Waals surface area contributed by atoms with Gasteiger partial charge in [0.05, 0.1) is 29.9 Å². The van der Waals surface area contributed by atoms with Crippen LogP contribution in [0.1, 0.15) is 6.42 Å². The molecule has 1 heterocycles. The van der Waals surface area contributed by atoms with Crippen LogP contribution in [0.5, 0.6) is 0 Å². The van der Waals surface area contributed by atoms with Gasteiger partial charge in [-0.25, -0.2) is 22.0 Å². The Morgan fingerprint density at radius 1 is 1.16 bits per heavy atom. The fourth-order valence-corrected chi connectivity index (χ4v) is 6.26. The smallest absolute Gasteiger partial charge is 0.394 e. The van der Waals surface area contributed by atoms with Gasteiger partial charge in [-0.1, -0.05) is 18.2 Å². The molecule has 0 amide bonds. The number of aliphatic hydroxyl groups excluding tert-OH is 1. The molecule has 1 saturated heterocycles. The molecule has 0 saturated carbocycles. The number of thioether (sulfide) groups is 1. The molecule has 1 fully saturated rings. The van der Waals surface area contributed by atoms with E-state index >= 15 is 0 Å². The summed E-state index contributed by atoms with van der Waals surface area (Å²) in [4.78, 5) is 0.991. The molecule has 15 heteroatoms. The van der Waals surface area contributed by atoms with E-state index in [0.717, 1.165) is 17.0 Å². The zero-order valence-electron chi connectivity index (χ0n) is 19.6. The third-order valence-corrected chi connectivity index (χ3v) is 9.26. The van der Waals surface area contributed by atoms with Crippen molar-refractivity contribution in [2.24, 2.45) is 5.14 Å². The van der Waals surface area contributed by atoms with Crippen molar-refractivity contribution in [3.63, 3.8) is 0 Å². The Morgan fingerprint density at radius 2 is 1.86 bits per heavy atom. The summed E-state index contributed by atoms with van der Waals surface area (Å²) < 4.78 is 93.9. The number of anilines is 1. The molecule has 1 aliphatic heterocycles. The zero-order valence-corrected chi connectivity index (χ0v) is 22.0. The number of aliphatic hydroxyl groups is 1. The normalized spacial score (nSPS) is 18.5. The van der Waals surface area contributed by atoms with Crippen LogP contribution in [0.3, 0.4) is 0 Å². The second-order valence-electron chi connectivity index (χ2n) is 8.38. The number of nitrogens with two attached hydrogens (primary N) is 1. The van der Waals surface area contributed by atoms with Crippen LogP contribution in [-0.4, -0.2) is 83.1 Å². The highest BCUT2D eigenvalue weighted by atomic mass is 32.2. The molecular weight excluding hydrogens is 555 g/mol. The Labute approximate surface area is 218 Å². The number of nitrogens with one attached hydrogen (secondary N) is 1. The summed E-state index contributed by atoms with van der Waals surface area (Å²) in [6, 6.07) is 11.1. The standard InChI is InChI=1S/C22H28F3N3O6S3/c23-22(24,25)36(30,31)21-12-19(37(26,32)33)6-7-20(21)27-16(15-35-18-4-2-1-3-5-18)8-9-28-10-11-34-17(13-28)14-29/h1-7,12,16-17,27,29H,8-11,13-15H2,(H2,26,32,33)/t16-,17+/m1/s1. The van der Waals surface area contributed by atoms with Gasteiger partial charge in [0.15, 0.2) is 0 Å². The number of nitrogens with zero attached hydrogens (tertiary/aromatic N) is 1. The molecule has 3 rings (SSSR count). The molecule has 1 aliphatic rings. The Morgan fingerprint density at radius 3 is 2.49 bits per heavy atom. The first-order valence-electron chi connectivity index (χ1n) is 11.2. The van der Waals surface area contributed by atoms with Gasteiger partial charge >= 0.3 is 5.51 Å². The van der Waals surface area contributed by atoms with Gasteiger partial charge in [0.25, 0.3) is 9.84 Å². The van der Waals surface area contributed by atoms with Gasteiger partial charge in [-0.2, -0.15) is 13.2 Å². The van der Waals surface area contributed by atoms with Gasteiger partial charge in [-0.05, 0) is 36.8 Å². The van der Waals surface area contributed by atoms with Crippen molar-refractivity contribution in [2.45, 2.75) is 38.8 Å². The zero-order chi connectivity index (χ0) is 27.3. The Hall–Kier alpha value is -1.88. The molecule has 0 radical (unpaired) electrons. The number of sulfonamides is 1. The van der Waals surface area contributed by atoms with E-state index in [0.29, 0.717) is 44.5 Å². The van der Waals surface area contributed by atoms with Crippen molar-refractivity contribution in [2.75, 3.05) is 43.9 Å². The second kappa shape index (κ2) is 12.3. The molecule has 37 heavy (non-hydrogen) atoms. The SMILES string of the molecule is NS(=O)(=O)c1ccc(N[C@H](CCN2CCO[C@H](CO)C2)CSc2ccccc2)c(S(=O)(=O)C(F)(F)F)c1. The third-order valence-electron chi connectivity index (χ3n) is 5.65. The molecule has 4 N–H and O–H groups in total. The van der Waals surface area contributed by atoms with E-state index in [-0.39, 0.29) is 18.4 Å². The van der Waals surface area contributed by atoms with Gasteiger partial charge in [-0.3, -0.25) is 4.90 Å². The van der Waals surface area contributed by atoms with Crippen LogP contribution < -0.4 is 10.5 Å². The summed E-state index contributed by atoms with van der Waals surface area (Å²) >= 11 is 1.43. The number of primary sulfonamides is 1. The number of ether oxygens (including phenoxy) is 1. The quantitative estimate of drug-likeness (QED) is 0.340. The van der Waals surface area contributed by atoms with Crippen molar-refractivity contribution in [1.29, 1.82) is 0 Å². The Kier molecular flexibility index (Phi) is 9.88. The van der Waals surface area contributed by atoms with E-state index in [4.69, 9.17) is 9.88 Å². The highest BCUT2D eigenvalue weighted by molar-refractivity contribution is 7.99. The molecule has 0 bridgehead atoms. The van der Waals surface area contributed by atoms with E-state index in [2.05, 4.69) is 5.32 Å². The monoisotopic (exact) mass is 583 g/mol. The predicted molar refractivity (Wildman–Crippen MR) is 134 cm³/mol. The first kappa shape index (κ1) is 29.7. The van der Waals surface area contributed by atoms with Crippen LogP contribution in [-0.2, 0) is 24.6 Å². The van der Waals surface area contributed by atoms with Crippen LogP contribution in [0.4, 0.5) is 18.9 Å². The van der Waals surface area contributed by atoms with E-state index in [1.54, 1.807) is 0 Å². The maximum atomic E-state index is 13.5. The van der Waals surface area contributed by atoms with Gasteiger partial charge in [0.2, 0.25) is 10.0 Å². The third kappa shape index (κ3) is 8.05. The molecule has 2 aromatic carbocycles. The van der Waals surface area contributed by atoms with Gasteiger partial charge in [-0.15, -0.1) is 11.8 Å². The number of morpholine rings is 1. The molecule has 2 aromatic rings. The summed E-state index contributed by atoms with van der Waals surface area (Å²) in [5, 5.41) is 17.3. The second-order valence-corrected chi connectivity index (χ2v) is 12.9. The van der Waals surface area contributed by atoms with Gasteiger partial charge < -0.3 is 15.2 Å². The summed E-state index contributed by atoms with van der Waals surface area (Å²) in [5.41, 5.74) is -6.03. The van der Waals surface area contributed by atoms with E-state index in [1.807, 2.05) is 35.2 Å². The van der Waals surface area contributed by atoms with Crippen molar-refractivity contribution in [3.05, 3.63) is 48.5 Å². The lowest BCUT2D eigenvalue weighted by Gasteiger charge is -2.33. The minimum absolute atomic E-state index is 0.142. The lowest BCUT2D eigenvalue weighted by molar-refractivity contribution is -0.0529. The van der Waals surface area contributed by atoms with E-state index < -0.39 is 41.2 Å². The summed E-state index contributed by atoms with van der Waals surface area (Å²) in [6.45, 7) is 1.86. The number of halogens is 3. The molecular formula is C22H28F3N3O6S3. The van der Waals surface area contributed by atoms with Crippen LogP contribution in [0.15, 0.2) is 63.2 Å². The average Bonchev–Trinajstić information content (AvgIpc) is 2.85. The summed E-state index contributed by atoms with van der Waals surface area (Å²) in [7, 11) is -10.4. The molecule has 0 unspecified atom stereocenters. The largest absolute Gasteiger partial charge is 0.501 e. The minimum Gasteiger partial charge on any atom is -0.394 e. The number of hydrogen-bond acceptors (Lipinski definition) is 9. The van der Waals surface area contributed by atoms with E-state index in [9.17, 15) is 35.1 Å². The maximum Gasteiger partial charge on any atom is 0.501 e. The maximum absolute atomic E-state index is 13.5. The van der Waals surface area contributed by atoms with Crippen molar-refractivity contribution >= 4 is 37.3 Å². The van der Waals surface area contributed by atoms with Crippen LogP contribution >= 0.6 is 11.8 Å². The lowest BCUT2D eigenvalue weighted by atomic mass is 10.2. The lowest BCUT2D eigenvalue weighted by Crippen LogP contribution is -2.45. The van der Waals surface area contributed by atoms with Crippen LogP contribution in [0.25, 0.3) is 0 Å². The molecule has 0 aliphatic carbocycles. The molecule has 206 valence electrons. The highest BCUT2D eigenvalue weighted by Gasteiger charge is 2.48. The van der Waals surface area contributed by atoms with Crippen molar-refractivity contribution < 1.29 is 39.9 Å². The molecule has 0 aromatic heterocycles. The van der Waals surface area contributed by atoms with Crippen LogP contribution in [0.2, 0.25) is 0 Å². The molecule has 9 nitrogen and oxygen atoms in total. The first-order chi connectivity index (χ1) is 17.3. The first-order valence-corrected chi connectivity index (χ1v) is 15.2. The van der Waals surface area contributed by atoms with E-state index in [1.165, 1.54) is 11.8 Å².